The van der Waals surface area contributed by atoms with Gasteiger partial charge in [-0.25, -0.2) is 9.18 Å². The third-order valence-electron chi connectivity index (χ3n) is 2.57. The molecule has 0 radical (unpaired) electrons. The molecule has 1 saturated heterocycles. The van der Waals surface area contributed by atoms with E-state index in [1.165, 1.54) is 18.0 Å². The maximum absolute atomic E-state index is 13.6. The number of imide groups is 1. The van der Waals surface area contributed by atoms with Crippen LogP contribution < -0.4 is 0 Å². The third-order valence-corrected chi connectivity index (χ3v) is 3.07. The number of amides is 3. The predicted molar refractivity (Wildman–Crippen MR) is 62.7 cm³/mol. The summed E-state index contributed by atoms with van der Waals surface area (Å²) in [6, 6.07) is 4.15. The Balaban J connectivity index is 2.21. The fourth-order valence-electron chi connectivity index (χ4n) is 1.64. The van der Waals surface area contributed by atoms with E-state index >= 15 is 0 Å². The first kappa shape index (κ1) is 12.0. The molecule has 2 rings (SSSR count). The first-order chi connectivity index (χ1) is 7.99. The van der Waals surface area contributed by atoms with E-state index in [0.29, 0.717) is 10.0 Å². The Morgan fingerprint density at radius 1 is 1.41 bits per heavy atom. The van der Waals surface area contributed by atoms with Crippen LogP contribution in [0.5, 0.6) is 0 Å². The molecule has 0 spiro atoms. The molecule has 1 fully saturated rings. The second-order valence-electron chi connectivity index (χ2n) is 3.85. The van der Waals surface area contributed by atoms with Crippen LogP contribution in [0.25, 0.3) is 0 Å². The molecule has 1 heterocycles. The van der Waals surface area contributed by atoms with Gasteiger partial charge in [0.15, 0.2) is 0 Å². The number of carbonyl (C=O) groups excluding carboxylic acids is 2. The van der Waals surface area contributed by atoms with Gasteiger partial charge in [0.25, 0.3) is 5.91 Å². The molecule has 0 saturated carbocycles. The Morgan fingerprint density at radius 2 is 2.12 bits per heavy atom. The van der Waals surface area contributed by atoms with Gasteiger partial charge in [-0.05, 0) is 12.1 Å². The summed E-state index contributed by atoms with van der Waals surface area (Å²) < 4.78 is 14.2. The minimum Gasteiger partial charge on any atom is -0.318 e. The Hall–Kier alpha value is -1.43. The highest BCUT2D eigenvalue weighted by molar-refractivity contribution is 9.10. The predicted octanol–water partition coefficient (Wildman–Crippen LogP) is 1.98. The molecule has 1 aromatic carbocycles. The van der Waals surface area contributed by atoms with Crippen molar-refractivity contribution in [1.82, 2.24) is 9.80 Å². The van der Waals surface area contributed by atoms with E-state index in [1.807, 2.05) is 0 Å². The molecule has 1 aliphatic rings. The number of benzene rings is 1. The zero-order chi connectivity index (χ0) is 12.6. The molecule has 0 atom stereocenters. The summed E-state index contributed by atoms with van der Waals surface area (Å²) in [5.74, 6) is -0.741. The molecule has 6 heteroatoms. The van der Waals surface area contributed by atoms with Crippen molar-refractivity contribution in [3.8, 4) is 0 Å². The van der Waals surface area contributed by atoms with Crippen LogP contribution >= 0.6 is 15.9 Å². The molecule has 90 valence electrons. The zero-order valence-electron chi connectivity index (χ0n) is 9.11. The van der Waals surface area contributed by atoms with Crippen LogP contribution in [0.1, 0.15) is 5.56 Å². The third kappa shape index (κ3) is 2.31. The van der Waals surface area contributed by atoms with Crippen LogP contribution in [0, 0.1) is 5.82 Å². The van der Waals surface area contributed by atoms with E-state index < -0.39 is 11.8 Å². The number of urea groups is 1. The SMILES string of the molecule is CN1CC(=O)N(Cc2ccc(Br)cc2F)C1=O. The second kappa shape index (κ2) is 4.44. The lowest BCUT2D eigenvalue weighted by Crippen LogP contribution is -2.31. The van der Waals surface area contributed by atoms with Gasteiger partial charge in [0.1, 0.15) is 12.4 Å². The minimum atomic E-state index is -0.436. The van der Waals surface area contributed by atoms with E-state index in [-0.39, 0.29) is 19.0 Å². The van der Waals surface area contributed by atoms with Gasteiger partial charge in [-0.3, -0.25) is 9.69 Å². The van der Waals surface area contributed by atoms with Crippen molar-refractivity contribution >= 4 is 27.9 Å². The number of nitrogens with zero attached hydrogens (tertiary/aromatic N) is 2. The number of likely N-dealkylation sites (N-methyl/N-ethyl adjacent to an activating group) is 1. The molecule has 0 bridgehead atoms. The summed E-state index contributed by atoms with van der Waals surface area (Å²) in [5.41, 5.74) is 0.324. The zero-order valence-corrected chi connectivity index (χ0v) is 10.7. The molecule has 17 heavy (non-hydrogen) atoms. The van der Waals surface area contributed by atoms with Gasteiger partial charge in [0.05, 0.1) is 6.54 Å². The molecule has 0 unspecified atom stereocenters. The largest absolute Gasteiger partial charge is 0.327 e. The fraction of sp³-hybridized carbons (Fsp3) is 0.273. The Bertz CT molecular complexity index is 492. The van der Waals surface area contributed by atoms with Crippen LogP contribution in [0.4, 0.5) is 9.18 Å². The highest BCUT2D eigenvalue weighted by Crippen LogP contribution is 2.19. The number of carbonyl (C=O) groups is 2. The summed E-state index contributed by atoms with van der Waals surface area (Å²) in [6.45, 7) is 0.0259. The van der Waals surface area contributed by atoms with Gasteiger partial charge in [0.2, 0.25) is 0 Å². The molecule has 0 aliphatic carbocycles. The van der Waals surface area contributed by atoms with Gasteiger partial charge in [-0.2, -0.15) is 0 Å². The first-order valence-corrected chi connectivity index (χ1v) is 5.77. The van der Waals surface area contributed by atoms with E-state index in [9.17, 15) is 14.0 Å². The van der Waals surface area contributed by atoms with Crippen LogP contribution in [0.15, 0.2) is 22.7 Å². The van der Waals surface area contributed by atoms with Gasteiger partial charge in [-0.15, -0.1) is 0 Å². The second-order valence-corrected chi connectivity index (χ2v) is 4.77. The van der Waals surface area contributed by atoms with Crippen molar-refractivity contribution in [2.75, 3.05) is 13.6 Å². The molecule has 3 amide bonds. The Kier molecular flexibility index (Phi) is 3.15. The summed E-state index contributed by atoms with van der Waals surface area (Å²) in [6.07, 6.45) is 0. The molecular formula is C11H10BrFN2O2. The van der Waals surface area contributed by atoms with Crippen molar-refractivity contribution in [2.45, 2.75) is 6.54 Å². The normalized spacial score (nSPS) is 15.9. The average molecular weight is 301 g/mol. The van der Waals surface area contributed by atoms with Crippen molar-refractivity contribution in [3.63, 3.8) is 0 Å². The van der Waals surface area contributed by atoms with Crippen LogP contribution in [0.3, 0.4) is 0 Å². The van der Waals surface area contributed by atoms with Crippen molar-refractivity contribution < 1.29 is 14.0 Å². The Labute approximate surface area is 106 Å². The number of hydrogen-bond donors (Lipinski definition) is 0. The number of halogens is 2. The lowest BCUT2D eigenvalue weighted by molar-refractivity contribution is -0.125. The summed E-state index contributed by atoms with van der Waals surface area (Å²) >= 11 is 3.15. The lowest BCUT2D eigenvalue weighted by atomic mass is 10.2. The van der Waals surface area contributed by atoms with Crippen LogP contribution in [0.2, 0.25) is 0 Å². The molecule has 0 aromatic heterocycles. The highest BCUT2D eigenvalue weighted by Gasteiger charge is 2.33. The molecule has 0 N–H and O–H groups in total. The topological polar surface area (TPSA) is 40.6 Å². The molecule has 1 aromatic rings. The summed E-state index contributed by atoms with van der Waals surface area (Å²) in [4.78, 5) is 25.5. The van der Waals surface area contributed by atoms with E-state index in [0.717, 1.165) is 4.90 Å². The smallest absolute Gasteiger partial charge is 0.318 e. The van der Waals surface area contributed by atoms with E-state index in [4.69, 9.17) is 0 Å². The number of hydrogen-bond acceptors (Lipinski definition) is 2. The maximum Gasteiger partial charge on any atom is 0.327 e. The van der Waals surface area contributed by atoms with Gasteiger partial charge in [-0.1, -0.05) is 22.0 Å². The highest BCUT2D eigenvalue weighted by atomic mass is 79.9. The van der Waals surface area contributed by atoms with Crippen molar-refractivity contribution in [1.29, 1.82) is 0 Å². The van der Waals surface area contributed by atoms with Gasteiger partial charge < -0.3 is 4.90 Å². The fourth-order valence-corrected chi connectivity index (χ4v) is 1.98. The first-order valence-electron chi connectivity index (χ1n) is 4.98. The quantitative estimate of drug-likeness (QED) is 0.784. The molecule has 4 nitrogen and oxygen atoms in total. The van der Waals surface area contributed by atoms with Crippen molar-refractivity contribution in [2.24, 2.45) is 0 Å². The van der Waals surface area contributed by atoms with E-state index in [2.05, 4.69) is 15.9 Å². The lowest BCUT2D eigenvalue weighted by Gasteiger charge is -2.14. The minimum absolute atomic E-state index is 0.0267. The standard InChI is InChI=1S/C11H10BrFN2O2/c1-14-6-10(16)15(11(14)17)5-7-2-3-8(12)4-9(7)13/h2-4H,5-6H2,1H3. The average Bonchev–Trinajstić information content (AvgIpc) is 2.48. The maximum atomic E-state index is 13.6. The van der Waals surface area contributed by atoms with Gasteiger partial charge in [0, 0.05) is 17.1 Å². The number of rotatable bonds is 2. The summed E-state index contributed by atoms with van der Waals surface area (Å²) in [7, 11) is 1.54. The van der Waals surface area contributed by atoms with Crippen LogP contribution in [-0.4, -0.2) is 35.3 Å². The van der Waals surface area contributed by atoms with Crippen molar-refractivity contribution in [3.05, 3.63) is 34.1 Å². The van der Waals surface area contributed by atoms with Gasteiger partial charge >= 0.3 is 6.03 Å². The monoisotopic (exact) mass is 300 g/mol. The summed E-state index contributed by atoms with van der Waals surface area (Å²) in [5, 5.41) is 0. The van der Waals surface area contributed by atoms with Crippen LogP contribution in [-0.2, 0) is 11.3 Å². The Morgan fingerprint density at radius 3 is 2.65 bits per heavy atom. The molecular weight excluding hydrogens is 291 g/mol. The molecule has 1 aliphatic heterocycles. The van der Waals surface area contributed by atoms with E-state index in [1.54, 1.807) is 12.1 Å².